The summed E-state index contributed by atoms with van der Waals surface area (Å²) in [5.41, 5.74) is -0.154. The zero-order chi connectivity index (χ0) is 12.6. The van der Waals surface area contributed by atoms with Gasteiger partial charge >= 0.3 is 0 Å². The van der Waals surface area contributed by atoms with E-state index in [1.807, 2.05) is 0 Å². The Morgan fingerprint density at radius 3 is 2.65 bits per heavy atom. The molecule has 0 amide bonds. The third kappa shape index (κ3) is 1.84. The Morgan fingerprint density at radius 2 is 2.06 bits per heavy atom. The number of nitrogens with zero attached hydrogens (tertiary/aromatic N) is 2. The van der Waals surface area contributed by atoms with E-state index in [2.05, 4.69) is 4.98 Å². The Hall–Kier alpha value is -2.04. The van der Waals surface area contributed by atoms with Crippen LogP contribution in [0, 0.1) is 18.6 Å². The molecule has 2 aromatic rings. The number of aryl methyl sites for hydroxylation is 2. The maximum absolute atomic E-state index is 13.7. The molecule has 0 saturated heterocycles. The summed E-state index contributed by atoms with van der Waals surface area (Å²) in [5.74, 6) is -2.39. The van der Waals surface area contributed by atoms with Gasteiger partial charge in [0, 0.05) is 7.05 Å². The molecule has 0 N–H and O–H groups in total. The first-order valence-electron chi connectivity index (χ1n) is 4.98. The maximum Gasteiger partial charge on any atom is 0.216 e. The zero-order valence-corrected chi connectivity index (χ0v) is 9.37. The third-order valence-corrected chi connectivity index (χ3v) is 2.56. The smallest absolute Gasteiger partial charge is 0.216 e. The number of hydrogen-bond donors (Lipinski definition) is 0. The monoisotopic (exact) mass is 236 g/mol. The number of rotatable bonds is 2. The van der Waals surface area contributed by atoms with E-state index in [4.69, 9.17) is 0 Å². The average Bonchev–Trinajstić information content (AvgIpc) is 2.70. The molecule has 1 heterocycles. The van der Waals surface area contributed by atoms with Crippen molar-refractivity contribution in [2.45, 2.75) is 6.92 Å². The molecule has 0 aliphatic carbocycles. The quantitative estimate of drug-likeness (QED) is 0.749. The van der Waals surface area contributed by atoms with Crippen LogP contribution in [0.25, 0.3) is 0 Å². The Balaban J connectivity index is 2.59. The van der Waals surface area contributed by atoms with Gasteiger partial charge in [0.2, 0.25) is 5.78 Å². The summed E-state index contributed by atoms with van der Waals surface area (Å²) in [7, 11) is 1.59. The lowest BCUT2D eigenvalue weighted by Crippen LogP contribution is -2.12. The van der Waals surface area contributed by atoms with E-state index in [9.17, 15) is 13.6 Å². The van der Waals surface area contributed by atoms with Gasteiger partial charge < -0.3 is 4.57 Å². The van der Waals surface area contributed by atoms with Gasteiger partial charge in [0.05, 0.1) is 18.1 Å². The molecule has 0 aliphatic heterocycles. The normalized spacial score (nSPS) is 10.6. The topological polar surface area (TPSA) is 34.9 Å². The second-order valence-corrected chi connectivity index (χ2v) is 3.77. The summed E-state index contributed by atoms with van der Waals surface area (Å²) in [6, 6.07) is 2.38. The van der Waals surface area contributed by atoms with Crippen molar-refractivity contribution in [2.75, 3.05) is 0 Å². The molecule has 0 saturated carbocycles. The second kappa shape index (κ2) is 4.08. The summed E-state index contributed by atoms with van der Waals surface area (Å²) in [5, 5.41) is 0. The van der Waals surface area contributed by atoms with Gasteiger partial charge in [-0.25, -0.2) is 13.8 Å². The van der Waals surface area contributed by atoms with Gasteiger partial charge in [0.1, 0.15) is 17.3 Å². The molecule has 0 radical (unpaired) electrons. The maximum atomic E-state index is 13.7. The van der Waals surface area contributed by atoms with Crippen LogP contribution in [-0.4, -0.2) is 15.3 Å². The fraction of sp³-hybridized carbons (Fsp3) is 0.167. The summed E-state index contributed by atoms with van der Waals surface area (Å²) in [6.07, 6.45) is 2.68. The van der Waals surface area contributed by atoms with Crippen LogP contribution in [0.15, 0.2) is 24.7 Å². The highest BCUT2D eigenvalue weighted by atomic mass is 19.1. The summed E-state index contributed by atoms with van der Waals surface area (Å²) >= 11 is 0. The number of imidazole rings is 1. The van der Waals surface area contributed by atoms with Crippen LogP contribution in [0.3, 0.4) is 0 Å². The molecule has 17 heavy (non-hydrogen) atoms. The minimum Gasteiger partial charge on any atom is -0.331 e. The van der Waals surface area contributed by atoms with Crippen LogP contribution >= 0.6 is 0 Å². The number of benzene rings is 1. The lowest BCUT2D eigenvalue weighted by Gasteiger charge is -2.06. The molecule has 88 valence electrons. The zero-order valence-electron chi connectivity index (χ0n) is 9.37. The van der Waals surface area contributed by atoms with E-state index in [1.54, 1.807) is 7.05 Å². The van der Waals surface area contributed by atoms with Gasteiger partial charge in [0.25, 0.3) is 0 Å². The predicted molar refractivity (Wildman–Crippen MR) is 57.7 cm³/mol. The molecule has 0 spiro atoms. The predicted octanol–water partition coefficient (Wildman–Crippen LogP) is 2.24. The Bertz CT molecular complexity index is 590. The lowest BCUT2D eigenvalue weighted by molar-refractivity contribution is 0.102. The van der Waals surface area contributed by atoms with E-state index < -0.39 is 23.0 Å². The Kier molecular flexibility index (Phi) is 2.75. The van der Waals surface area contributed by atoms with Gasteiger partial charge in [0.15, 0.2) is 0 Å². The van der Waals surface area contributed by atoms with Gasteiger partial charge in [-0.15, -0.1) is 0 Å². The number of carbonyl (C=O) groups is 1. The third-order valence-electron chi connectivity index (χ3n) is 2.56. The van der Waals surface area contributed by atoms with Gasteiger partial charge in [-0.1, -0.05) is 6.07 Å². The van der Waals surface area contributed by atoms with Crippen LogP contribution < -0.4 is 0 Å². The molecular weight excluding hydrogens is 226 g/mol. The highest BCUT2D eigenvalue weighted by molar-refractivity contribution is 6.08. The highest BCUT2D eigenvalue weighted by Gasteiger charge is 2.22. The van der Waals surface area contributed by atoms with Crippen LogP contribution in [0.1, 0.15) is 21.6 Å². The van der Waals surface area contributed by atoms with Crippen LogP contribution in [0.4, 0.5) is 8.78 Å². The molecular formula is C12H10F2N2O. The minimum atomic E-state index is -0.862. The van der Waals surface area contributed by atoms with Crippen molar-refractivity contribution in [3.05, 3.63) is 53.1 Å². The van der Waals surface area contributed by atoms with Crippen molar-refractivity contribution in [3.8, 4) is 0 Å². The number of halogens is 2. The molecule has 2 rings (SSSR count). The average molecular weight is 236 g/mol. The fourth-order valence-electron chi connectivity index (χ4n) is 1.57. The SMILES string of the molecule is Cc1ccc(F)c(C(=O)c2cncn2C)c1F. The number of carbonyl (C=O) groups excluding carboxylic acids is 1. The van der Waals surface area contributed by atoms with E-state index in [0.717, 1.165) is 6.07 Å². The molecule has 0 atom stereocenters. The van der Waals surface area contributed by atoms with Crippen molar-refractivity contribution in [1.29, 1.82) is 0 Å². The molecule has 1 aromatic carbocycles. The van der Waals surface area contributed by atoms with Crippen LogP contribution in [0.5, 0.6) is 0 Å². The minimum absolute atomic E-state index is 0.147. The molecule has 1 aromatic heterocycles. The Morgan fingerprint density at radius 1 is 1.35 bits per heavy atom. The van der Waals surface area contributed by atoms with Crippen LogP contribution in [-0.2, 0) is 7.05 Å². The first-order chi connectivity index (χ1) is 8.02. The molecule has 0 fully saturated rings. The van der Waals surface area contributed by atoms with Crippen molar-refractivity contribution in [1.82, 2.24) is 9.55 Å². The lowest BCUT2D eigenvalue weighted by atomic mass is 10.0. The number of hydrogen-bond acceptors (Lipinski definition) is 2. The molecule has 0 bridgehead atoms. The summed E-state index contributed by atoms with van der Waals surface area (Å²) < 4.78 is 28.7. The first-order valence-corrected chi connectivity index (χ1v) is 4.98. The van der Waals surface area contributed by atoms with Crippen molar-refractivity contribution in [2.24, 2.45) is 7.05 Å². The molecule has 0 aliphatic rings. The van der Waals surface area contributed by atoms with Gasteiger partial charge in [-0.05, 0) is 18.6 Å². The largest absolute Gasteiger partial charge is 0.331 e. The van der Waals surface area contributed by atoms with Crippen molar-refractivity contribution < 1.29 is 13.6 Å². The standard InChI is InChI=1S/C12H10F2N2O/c1-7-3-4-8(13)10(11(7)14)12(17)9-5-15-6-16(9)2/h3-6H,1-2H3. The van der Waals surface area contributed by atoms with Crippen LogP contribution in [0.2, 0.25) is 0 Å². The van der Waals surface area contributed by atoms with E-state index >= 15 is 0 Å². The van der Waals surface area contributed by atoms with Crippen molar-refractivity contribution in [3.63, 3.8) is 0 Å². The van der Waals surface area contributed by atoms with E-state index in [-0.39, 0.29) is 11.3 Å². The summed E-state index contributed by atoms with van der Waals surface area (Å²) in [6.45, 7) is 1.48. The fourth-order valence-corrected chi connectivity index (χ4v) is 1.57. The molecule has 0 unspecified atom stereocenters. The van der Waals surface area contributed by atoms with Crippen molar-refractivity contribution >= 4 is 5.78 Å². The summed E-state index contributed by atoms with van der Waals surface area (Å²) in [4.78, 5) is 15.7. The Labute approximate surface area is 96.7 Å². The molecule has 5 heteroatoms. The first kappa shape index (κ1) is 11.4. The van der Waals surface area contributed by atoms with E-state index in [0.29, 0.717) is 0 Å². The van der Waals surface area contributed by atoms with E-state index in [1.165, 1.54) is 30.1 Å². The number of ketones is 1. The highest BCUT2D eigenvalue weighted by Crippen LogP contribution is 2.19. The van der Waals surface area contributed by atoms with Gasteiger partial charge in [-0.2, -0.15) is 0 Å². The van der Waals surface area contributed by atoms with Gasteiger partial charge in [-0.3, -0.25) is 4.79 Å². The number of aromatic nitrogens is 2. The second-order valence-electron chi connectivity index (χ2n) is 3.77. The molecule has 3 nitrogen and oxygen atoms in total.